The number of imidazole rings is 1. The zero-order valence-electron chi connectivity index (χ0n) is 12.9. The van der Waals surface area contributed by atoms with Crippen molar-refractivity contribution in [3.05, 3.63) is 64.4 Å². The summed E-state index contributed by atoms with van der Waals surface area (Å²) in [6.45, 7) is 0. The third kappa shape index (κ3) is 2.27. The highest BCUT2D eigenvalue weighted by atomic mass is 19.1. The molecule has 0 radical (unpaired) electrons. The number of benzene rings is 1. The van der Waals surface area contributed by atoms with Gasteiger partial charge in [0.1, 0.15) is 22.8 Å². The Kier molecular flexibility index (Phi) is 3.39. The first-order valence-electron chi connectivity index (χ1n) is 7.28. The number of H-pyrrole nitrogens is 1. The SMILES string of the molecule is NC(=O)c1nc(-c2ccco2)nc2c1[nH]c(=O)n2-c1c(F)cccc1F. The summed E-state index contributed by atoms with van der Waals surface area (Å²) in [5.74, 6) is -2.80. The van der Waals surface area contributed by atoms with Gasteiger partial charge in [-0.2, -0.15) is 0 Å². The number of nitrogens with zero attached hydrogens (tertiary/aromatic N) is 3. The molecule has 8 nitrogen and oxygen atoms in total. The Labute approximate surface area is 142 Å². The van der Waals surface area contributed by atoms with Crippen LogP contribution < -0.4 is 11.4 Å². The van der Waals surface area contributed by atoms with Crippen molar-refractivity contribution in [2.75, 3.05) is 0 Å². The topological polar surface area (TPSA) is 120 Å². The van der Waals surface area contributed by atoms with Crippen molar-refractivity contribution in [3.8, 4) is 17.3 Å². The van der Waals surface area contributed by atoms with Crippen LogP contribution in [0.25, 0.3) is 28.4 Å². The van der Waals surface area contributed by atoms with Crippen molar-refractivity contribution in [3.63, 3.8) is 0 Å². The van der Waals surface area contributed by atoms with Gasteiger partial charge in [-0.05, 0) is 24.3 Å². The molecule has 3 heterocycles. The van der Waals surface area contributed by atoms with Gasteiger partial charge in [0.25, 0.3) is 5.91 Å². The fraction of sp³-hybridized carbons (Fsp3) is 0. The molecular formula is C16H9F2N5O3. The molecule has 0 atom stereocenters. The highest BCUT2D eigenvalue weighted by molar-refractivity contribution is 6.02. The summed E-state index contributed by atoms with van der Waals surface area (Å²) in [4.78, 5) is 34.5. The van der Waals surface area contributed by atoms with Crippen LogP contribution in [0.5, 0.6) is 0 Å². The molecule has 0 spiro atoms. The van der Waals surface area contributed by atoms with Crippen molar-refractivity contribution >= 4 is 17.1 Å². The maximum Gasteiger partial charge on any atom is 0.332 e. The number of primary amides is 1. The lowest BCUT2D eigenvalue weighted by Gasteiger charge is -2.07. The number of hydrogen-bond acceptors (Lipinski definition) is 5. The second-order valence-electron chi connectivity index (χ2n) is 5.27. The van der Waals surface area contributed by atoms with Crippen LogP contribution in [0.4, 0.5) is 8.78 Å². The number of nitrogens with two attached hydrogens (primary N) is 1. The molecule has 3 N–H and O–H groups in total. The molecule has 0 unspecified atom stereocenters. The number of carbonyl (C=O) groups is 1. The normalized spacial score (nSPS) is 11.2. The lowest BCUT2D eigenvalue weighted by Crippen LogP contribution is -2.17. The van der Waals surface area contributed by atoms with E-state index in [0.717, 1.165) is 18.2 Å². The monoisotopic (exact) mass is 357 g/mol. The molecule has 4 aromatic rings. The van der Waals surface area contributed by atoms with Crippen LogP contribution >= 0.6 is 0 Å². The molecule has 4 rings (SSSR count). The molecule has 0 aliphatic carbocycles. The van der Waals surface area contributed by atoms with Gasteiger partial charge in [0.15, 0.2) is 22.9 Å². The van der Waals surface area contributed by atoms with Gasteiger partial charge in [-0.1, -0.05) is 6.07 Å². The highest BCUT2D eigenvalue weighted by Crippen LogP contribution is 2.24. The van der Waals surface area contributed by atoms with E-state index in [4.69, 9.17) is 10.2 Å². The molecule has 130 valence electrons. The Morgan fingerprint density at radius 3 is 2.50 bits per heavy atom. The first-order valence-corrected chi connectivity index (χ1v) is 7.28. The minimum absolute atomic E-state index is 0.0687. The van der Waals surface area contributed by atoms with Gasteiger partial charge in [-0.25, -0.2) is 28.1 Å². The van der Waals surface area contributed by atoms with E-state index in [1.165, 1.54) is 12.3 Å². The second-order valence-corrected chi connectivity index (χ2v) is 5.27. The van der Waals surface area contributed by atoms with Gasteiger partial charge in [-0.3, -0.25) is 4.79 Å². The minimum Gasteiger partial charge on any atom is -0.461 e. The van der Waals surface area contributed by atoms with Crippen LogP contribution in [-0.4, -0.2) is 25.4 Å². The van der Waals surface area contributed by atoms with Crippen molar-refractivity contribution in [2.45, 2.75) is 0 Å². The quantitative estimate of drug-likeness (QED) is 0.579. The summed E-state index contributed by atoms with van der Waals surface area (Å²) < 4.78 is 34.2. The number of para-hydroxylation sites is 1. The molecule has 3 aromatic heterocycles. The summed E-state index contributed by atoms with van der Waals surface area (Å²) in [7, 11) is 0. The number of furan rings is 1. The number of amides is 1. The maximum absolute atomic E-state index is 14.2. The molecule has 1 amide bonds. The molecule has 0 bridgehead atoms. The van der Waals surface area contributed by atoms with Gasteiger partial charge in [-0.15, -0.1) is 0 Å². The van der Waals surface area contributed by atoms with E-state index >= 15 is 0 Å². The first kappa shape index (κ1) is 15.7. The van der Waals surface area contributed by atoms with Crippen molar-refractivity contribution in [1.82, 2.24) is 19.5 Å². The second kappa shape index (κ2) is 5.62. The van der Waals surface area contributed by atoms with Gasteiger partial charge in [0.05, 0.1) is 6.26 Å². The van der Waals surface area contributed by atoms with Crippen molar-refractivity contribution < 1.29 is 18.0 Å². The number of fused-ring (bicyclic) bond motifs is 1. The number of nitrogens with one attached hydrogen (secondary N) is 1. The van der Waals surface area contributed by atoms with Crippen LogP contribution in [0.3, 0.4) is 0 Å². The predicted molar refractivity (Wildman–Crippen MR) is 85.6 cm³/mol. The first-order chi connectivity index (χ1) is 12.5. The molecule has 0 saturated heterocycles. The molecule has 0 aliphatic heterocycles. The van der Waals surface area contributed by atoms with Gasteiger partial charge >= 0.3 is 5.69 Å². The fourth-order valence-corrected chi connectivity index (χ4v) is 2.59. The number of aromatic nitrogens is 4. The molecular weight excluding hydrogens is 348 g/mol. The van der Waals surface area contributed by atoms with Crippen LogP contribution in [-0.2, 0) is 0 Å². The van der Waals surface area contributed by atoms with Crippen LogP contribution in [0.1, 0.15) is 10.5 Å². The largest absolute Gasteiger partial charge is 0.461 e. The number of aromatic amines is 1. The smallest absolute Gasteiger partial charge is 0.332 e. The molecule has 0 saturated carbocycles. The summed E-state index contributed by atoms with van der Waals surface area (Å²) in [5, 5.41) is 0. The Balaban J connectivity index is 2.14. The minimum atomic E-state index is -0.980. The predicted octanol–water partition coefficient (Wildman–Crippen LogP) is 1.75. The van der Waals surface area contributed by atoms with Crippen LogP contribution in [0, 0.1) is 11.6 Å². The number of halogens is 2. The van der Waals surface area contributed by atoms with E-state index < -0.39 is 28.9 Å². The average molecular weight is 357 g/mol. The molecule has 0 fully saturated rings. The number of hydrogen-bond donors (Lipinski definition) is 2. The van der Waals surface area contributed by atoms with Crippen LogP contribution in [0.2, 0.25) is 0 Å². The summed E-state index contributed by atoms with van der Waals surface area (Å²) in [6, 6.07) is 6.23. The van der Waals surface area contributed by atoms with Gasteiger partial charge in [0, 0.05) is 0 Å². The third-order valence-corrected chi connectivity index (χ3v) is 3.67. The van der Waals surface area contributed by atoms with Crippen LogP contribution in [0.15, 0.2) is 45.8 Å². The zero-order chi connectivity index (χ0) is 18.4. The van der Waals surface area contributed by atoms with E-state index in [0.29, 0.717) is 4.57 Å². The number of carbonyl (C=O) groups excluding carboxylic acids is 1. The van der Waals surface area contributed by atoms with Crippen molar-refractivity contribution in [2.24, 2.45) is 5.73 Å². The Morgan fingerprint density at radius 1 is 1.15 bits per heavy atom. The van der Waals surface area contributed by atoms with Gasteiger partial charge < -0.3 is 15.1 Å². The zero-order valence-corrected chi connectivity index (χ0v) is 12.9. The Morgan fingerprint density at radius 2 is 1.88 bits per heavy atom. The van der Waals surface area contributed by atoms with Crippen molar-refractivity contribution in [1.29, 1.82) is 0 Å². The van der Waals surface area contributed by atoms with E-state index in [2.05, 4.69) is 15.0 Å². The molecule has 10 heteroatoms. The maximum atomic E-state index is 14.2. The van der Waals surface area contributed by atoms with E-state index in [9.17, 15) is 18.4 Å². The summed E-state index contributed by atoms with van der Waals surface area (Å²) in [6.07, 6.45) is 1.35. The molecule has 26 heavy (non-hydrogen) atoms. The standard InChI is InChI=1S/C16H9F2N5O3/c17-7-3-1-4-8(18)12(7)23-15-11(21-16(23)25)10(13(19)24)20-14(22-15)9-5-2-6-26-9/h1-6H,(H2,19,24)(H,21,25). The highest BCUT2D eigenvalue weighted by Gasteiger charge is 2.23. The average Bonchev–Trinajstić information content (AvgIpc) is 3.22. The fourth-order valence-electron chi connectivity index (χ4n) is 2.59. The summed E-state index contributed by atoms with van der Waals surface area (Å²) in [5.41, 5.74) is 3.12. The Hall–Kier alpha value is -3.82. The lowest BCUT2D eigenvalue weighted by molar-refractivity contribution is 0.0997. The molecule has 0 aliphatic rings. The van der Waals surface area contributed by atoms with E-state index in [-0.39, 0.29) is 28.4 Å². The Bertz CT molecular complexity index is 1190. The van der Waals surface area contributed by atoms with E-state index in [1.54, 1.807) is 6.07 Å². The molecule has 1 aromatic carbocycles. The number of rotatable bonds is 3. The lowest BCUT2D eigenvalue weighted by atomic mass is 10.2. The third-order valence-electron chi connectivity index (χ3n) is 3.67. The van der Waals surface area contributed by atoms with E-state index in [1.807, 2.05) is 0 Å². The summed E-state index contributed by atoms with van der Waals surface area (Å²) >= 11 is 0. The van der Waals surface area contributed by atoms with Gasteiger partial charge in [0.2, 0.25) is 0 Å².